The molecule has 28 heavy (non-hydrogen) atoms. The number of ether oxygens (including phenoxy) is 2. The fourth-order valence-electron chi connectivity index (χ4n) is 3.10. The number of pyridine rings is 1. The molecule has 0 aliphatic rings. The van der Waals surface area contributed by atoms with Gasteiger partial charge < -0.3 is 20.2 Å². The lowest BCUT2D eigenvalue weighted by Gasteiger charge is -2.12. The van der Waals surface area contributed by atoms with Crippen molar-refractivity contribution in [1.82, 2.24) is 4.98 Å². The first-order chi connectivity index (χ1) is 13.6. The van der Waals surface area contributed by atoms with E-state index >= 15 is 0 Å². The average Bonchev–Trinajstić information content (AvgIpc) is 2.71. The second kappa shape index (κ2) is 7.08. The van der Waals surface area contributed by atoms with E-state index in [9.17, 15) is 9.59 Å². The van der Waals surface area contributed by atoms with Gasteiger partial charge in [-0.2, -0.15) is 0 Å². The van der Waals surface area contributed by atoms with E-state index in [1.807, 2.05) is 18.2 Å². The molecule has 140 valence electrons. The van der Waals surface area contributed by atoms with E-state index in [4.69, 9.17) is 15.2 Å². The maximum absolute atomic E-state index is 13.0. The van der Waals surface area contributed by atoms with E-state index in [0.29, 0.717) is 51.2 Å². The molecule has 0 radical (unpaired) electrons. The highest BCUT2D eigenvalue weighted by atomic mass is 16.5. The molecule has 3 N–H and O–H groups in total. The zero-order valence-corrected chi connectivity index (χ0v) is 15.2. The lowest BCUT2D eigenvalue weighted by molar-refractivity contribution is 0.0526. The lowest BCUT2D eigenvalue weighted by atomic mass is 10.1. The number of fused-ring (bicyclic) bond motifs is 2. The number of benzene rings is 3. The van der Waals surface area contributed by atoms with Gasteiger partial charge in [0.15, 0.2) is 0 Å². The Bertz CT molecular complexity index is 1240. The van der Waals surface area contributed by atoms with Crippen LogP contribution in [0.25, 0.3) is 21.8 Å². The van der Waals surface area contributed by atoms with Crippen molar-refractivity contribution < 1.29 is 14.3 Å². The number of aromatic nitrogens is 1. The summed E-state index contributed by atoms with van der Waals surface area (Å²) in [4.78, 5) is 28.0. The van der Waals surface area contributed by atoms with Crippen LogP contribution < -0.4 is 15.9 Å². The van der Waals surface area contributed by atoms with Crippen molar-refractivity contribution in [2.45, 2.75) is 6.92 Å². The maximum Gasteiger partial charge on any atom is 0.338 e. The molecule has 0 aliphatic heterocycles. The predicted octanol–water partition coefficient (Wildman–Crippen LogP) is 4.23. The number of carbonyl (C=O) groups is 1. The predicted molar refractivity (Wildman–Crippen MR) is 109 cm³/mol. The van der Waals surface area contributed by atoms with Gasteiger partial charge in [0.2, 0.25) is 5.43 Å². The molecular formula is C22H18N2O4. The van der Waals surface area contributed by atoms with Crippen LogP contribution >= 0.6 is 0 Å². The number of para-hydroxylation sites is 1. The van der Waals surface area contributed by atoms with E-state index in [-0.39, 0.29) is 5.43 Å². The van der Waals surface area contributed by atoms with Gasteiger partial charge in [-0.15, -0.1) is 0 Å². The molecule has 0 bridgehead atoms. The minimum atomic E-state index is -0.394. The second-order valence-electron chi connectivity index (χ2n) is 6.25. The number of hydrogen-bond donors (Lipinski definition) is 2. The summed E-state index contributed by atoms with van der Waals surface area (Å²) in [5, 5.41) is 0.941. The van der Waals surface area contributed by atoms with Gasteiger partial charge >= 0.3 is 5.97 Å². The van der Waals surface area contributed by atoms with E-state index in [0.717, 1.165) is 0 Å². The number of H-pyrrole nitrogens is 1. The molecule has 0 atom stereocenters. The summed E-state index contributed by atoms with van der Waals surface area (Å²) in [6.07, 6.45) is 0. The zero-order chi connectivity index (χ0) is 19.7. The second-order valence-corrected chi connectivity index (χ2v) is 6.25. The highest BCUT2D eigenvalue weighted by Crippen LogP contribution is 2.31. The molecule has 0 spiro atoms. The third-order valence-electron chi connectivity index (χ3n) is 4.45. The Labute approximate surface area is 160 Å². The van der Waals surface area contributed by atoms with Gasteiger partial charge in [0.05, 0.1) is 28.8 Å². The molecule has 1 heterocycles. The fourth-order valence-corrected chi connectivity index (χ4v) is 3.10. The number of hydrogen-bond acceptors (Lipinski definition) is 5. The van der Waals surface area contributed by atoms with Crippen molar-refractivity contribution in [2.24, 2.45) is 0 Å². The highest BCUT2D eigenvalue weighted by molar-refractivity contribution is 6.01. The first kappa shape index (κ1) is 17.6. The van der Waals surface area contributed by atoms with Gasteiger partial charge in [-0.05, 0) is 55.5 Å². The summed E-state index contributed by atoms with van der Waals surface area (Å²) in [7, 11) is 0. The SMILES string of the molecule is CCOC(=O)c1ccc(Oc2ccc(N)c3[nH]c4ccccc4c(=O)c23)cc1. The van der Waals surface area contributed by atoms with Crippen LogP contribution in [0, 0.1) is 0 Å². The monoisotopic (exact) mass is 374 g/mol. The summed E-state index contributed by atoms with van der Waals surface area (Å²) >= 11 is 0. The molecule has 0 aliphatic carbocycles. The van der Waals surface area contributed by atoms with Gasteiger partial charge in [0, 0.05) is 10.9 Å². The number of rotatable bonds is 4. The average molecular weight is 374 g/mol. The summed E-state index contributed by atoms with van der Waals surface area (Å²) < 4.78 is 10.9. The van der Waals surface area contributed by atoms with Crippen molar-refractivity contribution in [3.05, 3.63) is 76.5 Å². The van der Waals surface area contributed by atoms with Crippen LogP contribution in [0.5, 0.6) is 11.5 Å². The topological polar surface area (TPSA) is 94.4 Å². The Morgan fingerprint density at radius 2 is 1.79 bits per heavy atom. The van der Waals surface area contributed by atoms with Crippen LogP contribution in [0.3, 0.4) is 0 Å². The van der Waals surface area contributed by atoms with Crippen molar-refractivity contribution >= 4 is 33.5 Å². The third kappa shape index (κ3) is 3.05. The Kier molecular flexibility index (Phi) is 4.45. The lowest BCUT2D eigenvalue weighted by Crippen LogP contribution is -2.07. The van der Waals surface area contributed by atoms with Gasteiger partial charge in [-0.25, -0.2) is 4.79 Å². The van der Waals surface area contributed by atoms with Crippen LogP contribution in [0.1, 0.15) is 17.3 Å². The molecule has 0 fully saturated rings. The number of nitrogens with two attached hydrogens (primary N) is 1. The van der Waals surface area contributed by atoms with Crippen LogP contribution in [0.4, 0.5) is 5.69 Å². The van der Waals surface area contributed by atoms with E-state index in [1.54, 1.807) is 49.4 Å². The molecule has 1 aromatic heterocycles. The van der Waals surface area contributed by atoms with Crippen molar-refractivity contribution in [3.63, 3.8) is 0 Å². The van der Waals surface area contributed by atoms with Gasteiger partial charge in [-0.3, -0.25) is 4.79 Å². The number of esters is 1. The summed E-state index contributed by atoms with van der Waals surface area (Å²) in [5.41, 5.74) is 8.06. The van der Waals surface area contributed by atoms with E-state index in [1.165, 1.54) is 0 Å². The summed E-state index contributed by atoms with van der Waals surface area (Å²) in [6, 6.07) is 17.2. The van der Waals surface area contributed by atoms with Gasteiger partial charge in [0.1, 0.15) is 11.5 Å². The molecule has 0 saturated heterocycles. The zero-order valence-electron chi connectivity index (χ0n) is 15.2. The maximum atomic E-state index is 13.0. The van der Waals surface area contributed by atoms with Crippen LogP contribution in [0.15, 0.2) is 65.5 Å². The smallest absolute Gasteiger partial charge is 0.338 e. The summed E-state index contributed by atoms with van der Waals surface area (Å²) in [6.45, 7) is 2.06. The largest absolute Gasteiger partial charge is 0.462 e. The molecule has 0 unspecified atom stereocenters. The summed E-state index contributed by atoms with van der Waals surface area (Å²) in [5.74, 6) is 0.488. The Morgan fingerprint density at radius 1 is 1.04 bits per heavy atom. The third-order valence-corrected chi connectivity index (χ3v) is 4.45. The Hall–Kier alpha value is -3.80. The highest BCUT2D eigenvalue weighted by Gasteiger charge is 2.14. The Morgan fingerprint density at radius 3 is 2.54 bits per heavy atom. The molecule has 4 aromatic rings. The molecule has 4 rings (SSSR count). The molecule has 6 nitrogen and oxygen atoms in total. The number of carbonyl (C=O) groups excluding carboxylic acids is 1. The van der Waals surface area contributed by atoms with E-state index in [2.05, 4.69) is 4.98 Å². The van der Waals surface area contributed by atoms with Crippen LogP contribution in [-0.4, -0.2) is 17.6 Å². The first-order valence-electron chi connectivity index (χ1n) is 8.86. The van der Waals surface area contributed by atoms with Crippen molar-refractivity contribution in [1.29, 1.82) is 0 Å². The quantitative estimate of drug-likeness (QED) is 0.317. The number of nitrogens with one attached hydrogen (secondary N) is 1. The minimum absolute atomic E-state index is 0.158. The molecule has 0 amide bonds. The number of aromatic amines is 1. The molecule has 0 saturated carbocycles. The first-order valence-corrected chi connectivity index (χ1v) is 8.86. The van der Waals surface area contributed by atoms with Gasteiger partial charge in [-0.1, -0.05) is 12.1 Å². The van der Waals surface area contributed by atoms with Crippen molar-refractivity contribution in [2.75, 3.05) is 12.3 Å². The number of nitrogen functional groups attached to an aromatic ring is 1. The Balaban J connectivity index is 1.79. The van der Waals surface area contributed by atoms with Gasteiger partial charge in [0.25, 0.3) is 0 Å². The number of anilines is 1. The van der Waals surface area contributed by atoms with Crippen molar-refractivity contribution in [3.8, 4) is 11.5 Å². The fraction of sp³-hybridized carbons (Fsp3) is 0.0909. The minimum Gasteiger partial charge on any atom is -0.462 e. The molecular weight excluding hydrogens is 356 g/mol. The van der Waals surface area contributed by atoms with Crippen LogP contribution in [0.2, 0.25) is 0 Å². The standard InChI is InChI=1S/C22H18N2O4/c1-2-27-22(26)13-7-9-14(10-8-13)28-18-12-11-16(23)20-19(18)21(25)15-5-3-4-6-17(15)24-20/h3-12H,2,23H2,1H3,(H,24,25). The van der Waals surface area contributed by atoms with E-state index < -0.39 is 5.97 Å². The molecule has 3 aromatic carbocycles. The molecule has 6 heteroatoms. The normalized spacial score (nSPS) is 10.9. The van der Waals surface area contributed by atoms with Crippen LogP contribution in [-0.2, 0) is 4.74 Å².